The third kappa shape index (κ3) is 9.49. The summed E-state index contributed by atoms with van der Waals surface area (Å²) in [7, 11) is 2.06. The fraction of sp³-hybridized carbons (Fsp3) is 0.900. The number of hydrogen-bond acceptors (Lipinski definition) is 4. The summed E-state index contributed by atoms with van der Waals surface area (Å²) in [4.78, 5) is 2.22. The topological polar surface area (TPSA) is 82.1 Å². The number of amidine groups is 1. The van der Waals surface area contributed by atoms with Crippen LogP contribution in [0, 0.1) is 0 Å². The van der Waals surface area contributed by atoms with E-state index < -0.39 is 0 Å². The van der Waals surface area contributed by atoms with Crippen LogP contribution in [0.15, 0.2) is 5.16 Å². The molecule has 0 radical (unpaired) electrons. The van der Waals surface area contributed by atoms with Crippen LogP contribution in [0.25, 0.3) is 0 Å². The zero-order valence-corrected chi connectivity index (χ0v) is 9.52. The van der Waals surface area contributed by atoms with Crippen molar-refractivity contribution >= 4 is 5.84 Å². The van der Waals surface area contributed by atoms with Crippen LogP contribution < -0.4 is 5.73 Å². The molecule has 0 saturated heterocycles. The molecule has 0 fully saturated rings. The number of aliphatic hydroxyl groups excluding tert-OH is 1. The van der Waals surface area contributed by atoms with Gasteiger partial charge >= 0.3 is 0 Å². The quantitative estimate of drug-likeness (QED) is 0.174. The van der Waals surface area contributed by atoms with Crippen molar-refractivity contribution in [1.82, 2.24) is 4.90 Å². The molecular formula is C10H23N3O2. The second-order valence-electron chi connectivity index (χ2n) is 3.78. The maximum atomic E-state index is 8.60. The Balaban J connectivity index is 3.29. The van der Waals surface area contributed by atoms with Gasteiger partial charge in [-0.25, -0.2) is 0 Å². The summed E-state index contributed by atoms with van der Waals surface area (Å²) in [6.07, 6.45) is 4.61. The second-order valence-corrected chi connectivity index (χ2v) is 3.78. The van der Waals surface area contributed by atoms with Crippen molar-refractivity contribution in [3.8, 4) is 0 Å². The molecule has 0 unspecified atom stereocenters. The number of oxime groups is 1. The zero-order chi connectivity index (χ0) is 11.5. The molecule has 4 N–H and O–H groups in total. The summed E-state index contributed by atoms with van der Waals surface area (Å²) in [5, 5.41) is 19.8. The van der Waals surface area contributed by atoms with E-state index in [1.54, 1.807) is 0 Å². The highest BCUT2D eigenvalue weighted by molar-refractivity contribution is 5.79. The molecule has 0 rings (SSSR count). The Morgan fingerprint density at radius 1 is 1.20 bits per heavy atom. The van der Waals surface area contributed by atoms with Crippen molar-refractivity contribution in [2.45, 2.75) is 32.1 Å². The van der Waals surface area contributed by atoms with E-state index in [-0.39, 0.29) is 6.61 Å². The second kappa shape index (κ2) is 9.73. The van der Waals surface area contributed by atoms with Crippen molar-refractivity contribution in [2.24, 2.45) is 10.9 Å². The van der Waals surface area contributed by atoms with E-state index >= 15 is 0 Å². The van der Waals surface area contributed by atoms with Crippen molar-refractivity contribution in [3.63, 3.8) is 0 Å². The van der Waals surface area contributed by atoms with Gasteiger partial charge in [-0.3, -0.25) is 0 Å². The van der Waals surface area contributed by atoms with Gasteiger partial charge in [0.25, 0.3) is 0 Å². The van der Waals surface area contributed by atoms with Gasteiger partial charge in [-0.2, -0.15) is 0 Å². The average Bonchev–Trinajstić information content (AvgIpc) is 2.24. The van der Waals surface area contributed by atoms with Crippen molar-refractivity contribution in [2.75, 3.05) is 26.7 Å². The first-order chi connectivity index (χ1) is 7.20. The van der Waals surface area contributed by atoms with E-state index in [1.807, 2.05) is 0 Å². The monoisotopic (exact) mass is 217 g/mol. The molecule has 0 aliphatic rings. The highest BCUT2D eigenvalue weighted by Crippen LogP contribution is 1.98. The predicted octanol–water partition coefficient (Wildman–Crippen LogP) is 0.607. The van der Waals surface area contributed by atoms with E-state index in [9.17, 15) is 0 Å². The Morgan fingerprint density at radius 2 is 1.87 bits per heavy atom. The van der Waals surface area contributed by atoms with Gasteiger partial charge in [0, 0.05) is 13.0 Å². The van der Waals surface area contributed by atoms with Gasteiger partial charge in [-0.1, -0.05) is 5.16 Å². The normalized spacial score (nSPS) is 12.3. The number of rotatable bonds is 9. The summed E-state index contributed by atoms with van der Waals surface area (Å²) in [6, 6.07) is 0. The van der Waals surface area contributed by atoms with E-state index in [4.69, 9.17) is 16.0 Å². The Labute approximate surface area is 91.6 Å². The van der Waals surface area contributed by atoms with Gasteiger partial charge in [0.05, 0.1) is 0 Å². The molecule has 0 amide bonds. The minimum atomic E-state index is 0.285. The van der Waals surface area contributed by atoms with Gasteiger partial charge in [-0.05, 0) is 45.8 Å². The van der Waals surface area contributed by atoms with Gasteiger partial charge in [0.2, 0.25) is 0 Å². The van der Waals surface area contributed by atoms with Crippen LogP contribution in [-0.4, -0.2) is 47.8 Å². The lowest BCUT2D eigenvalue weighted by molar-refractivity contribution is 0.272. The molecule has 0 aromatic rings. The molecule has 0 saturated carbocycles. The minimum absolute atomic E-state index is 0.285. The Morgan fingerprint density at radius 3 is 2.47 bits per heavy atom. The third-order valence-electron chi connectivity index (χ3n) is 2.30. The Bertz CT molecular complexity index is 174. The fourth-order valence-electron chi connectivity index (χ4n) is 1.36. The van der Waals surface area contributed by atoms with E-state index in [0.29, 0.717) is 12.3 Å². The summed E-state index contributed by atoms with van der Waals surface area (Å²) in [5.41, 5.74) is 5.35. The molecule has 0 bridgehead atoms. The first-order valence-corrected chi connectivity index (χ1v) is 5.46. The molecule has 90 valence electrons. The summed E-state index contributed by atoms with van der Waals surface area (Å²) >= 11 is 0. The molecule has 0 aliphatic heterocycles. The van der Waals surface area contributed by atoms with Crippen LogP contribution in [0.1, 0.15) is 32.1 Å². The molecule has 0 aromatic heterocycles. The smallest absolute Gasteiger partial charge is 0.139 e. The fourth-order valence-corrected chi connectivity index (χ4v) is 1.36. The van der Waals surface area contributed by atoms with Gasteiger partial charge < -0.3 is 20.9 Å². The van der Waals surface area contributed by atoms with Gasteiger partial charge in [0.1, 0.15) is 5.84 Å². The largest absolute Gasteiger partial charge is 0.409 e. The number of unbranched alkanes of at least 4 members (excludes halogenated alkanes) is 2. The number of hydrogen-bond donors (Lipinski definition) is 3. The minimum Gasteiger partial charge on any atom is -0.409 e. The first-order valence-electron chi connectivity index (χ1n) is 5.46. The average molecular weight is 217 g/mol. The van der Waals surface area contributed by atoms with Crippen LogP contribution in [0.2, 0.25) is 0 Å². The summed E-state index contributed by atoms with van der Waals surface area (Å²) in [6.45, 7) is 2.28. The van der Waals surface area contributed by atoms with Crippen molar-refractivity contribution in [3.05, 3.63) is 0 Å². The maximum absolute atomic E-state index is 8.60. The highest BCUT2D eigenvalue weighted by atomic mass is 16.4. The zero-order valence-electron chi connectivity index (χ0n) is 9.52. The van der Waals surface area contributed by atoms with Crippen LogP contribution in [0.3, 0.4) is 0 Å². The molecule has 0 atom stereocenters. The lowest BCUT2D eigenvalue weighted by atomic mass is 10.2. The van der Waals surface area contributed by atoms with Crippen LogP contribution in [0.5, 0.6) is 0 Å². The number of nitrogens with two attached hydrogens (primary N) is 1. The van der Waals surface area contributed by atoms with E-state index in [2.05, 4.69) is 17.1 Å². The number of aliphatic hydroxyl groups is 1. The molecule has 0 spiro atoms. The highest BCUT2D eigenvalue weighted by Gasteiger charge is 1.99. The van der Waals surface area contributed by atoms with Crippen LogP contribution in [0.4, 0.5) is 0 Å². The van der Waals surface area contributed by atoms with Crippen LogP contribution in [-0.2, 0) is 0 Å². The summed E-state index contributed by atoms with van der Waals surface area (Å²) in [5.74, 6) is 0.295. The Hall–Kier alpha value is -0.810. The van der Waals surface area contributed by atoms with E-state index in [0.717, 1.165) is 38.8 Å². The van der Waals surface area contributed by atoms with Gasteiger partial charge in [0.15, 0.2) is 0 Å². The Kier molecular flexibility index (Phi) is 9.21. The predicted molar refractivity (Wildman–Crippen MR) is 61.1 cm³/mol. The lowest BCUT2D eigenvalue weighted by Gasteiger charge is -2.15. The van der Waals surface area contributed by atoms with E-state index in [1.165, 1.54) is 0 Å². The molecule has 5 nitrogen and oxygen atoms in total. The third-order valence-corrected chi connectivity index (χ3v) is 2.30. The molecule has 0 aromatic carbocycles. The lowest BCUT2D eigenvalue weighted by Crippen LogP contribution is -2.22. The molecule has 0 aliphatic carbocycles. The van der Waals surface area contributed by atoms with Gasteiger partial charge in [-0.15, -0.1) is 0 Å². The molecule has 5 heteroatoms. The summed E-state index contributed by atoms with van der Waals surface area (Å²) < 4.78 is 0. The van der Waals surface area contributed by atoms with Crippen molar-refractivity contribution < 1.29 is 10.3 Å². The standard InChI is InChI=1S/C10H23N3O2/c1-13(7-3-2-4-9-14)8-5-6-10(11)12-15/h14-15H,2-9H2,1H3,(H2,11,12). The first kappa shape index (κ1) is 14.2. The molecule has 15 heavy (non-hydrogen) atoms. The van der Waals surface area contributed by atoms with Crippen LogP contribution >= 0.6 is 0 Å². The SMILES string of the molecule is CN(CCCCCO)CCCC(N)=NO. The molecule has 0 heterocycles. The molecular weight excluding hydrogens is 194 g/mol. The van der Waals surface area contributed by atoms with Crippen molar-refractivity contribution in [1.29, 1.82) is 0 Å². The number of nitrogens with zero attached hydrogens (tertiary/aromatic N) is 2. The maximum Gasteiger partial charge on any atom is 0.139 e.